The quantitative estimate of drug-likeness (QED) is 0.918. The maximum atomic E-state index is 12.2. The van der Waals surface area contributed by atoms with Crippen LogP contribution in [0.2, 0.25) is 0 Å². The molecule has 5 nitrogen and oxygen atoms in total. The zero-order chi connectivity index (χ0) is 15.4. The number of anilines is 1. The summed E-state index contributed by atoms with van der Waals surface area (Å²) < 4.78 is 10.9. The number of aryl methyl sites for hydroxylation is 1. The van der Waals surface area contributed by atoms with Crippen LogP contribution < -0.4 is 14.8 Å². The molecule has 0 spiro atoms. The highest BCUT2D eigenvalue weighted by molar-refractivity contribution is 7.15. The lowest BCUT2D eigenvalue weighted by Gasteiger charge is -2.14. The van der Waals surface area contributed by atoms with Gasteiger partial charge in [0.1, 0.15) is 0 Å². The molecule has 0 fully saturated rings. The fourth-order valence-corrected chi connectivity index (χ4v) is 2.40. The number of nitrogens with zero attached hydrogens (tertiary/aromatic N) is 1. The van der Waals surface area contributed by atoms with Crippen LogP contribution >= 0.6 is 11.3 Å². The van der Waals surface area contributed by atoms with Gasteiger partial charge in [0.25, 0.3) is 5.91 Å². The minimum absolute atomic E-state index is 0.0388. The molecule has 1 amide bonds. The van der Waals surface area contributed by atoms with Crippen LogP contribution in [-0.4, -0.2) is 24.1 Å². The molecule has 1 aromatic heterocycles. The van der Waals surface area contributed by atoms with Crippen LogP contribution in [0.25, 0.3) is 0 Å². The van der Waals surface area contributed by atoms with E-state index in [4.69, 9.17) is 9.47 Å². The van der Waals surface area contributed by atoms with Crippen molar-refractivity contribution >= 4 is 22.4 Å². The number of thiazole rings is 1. The topological polar surface area (TPSA) is 60.5 Å². The third-order valence-corrected chi connectivity index (χ3v) is 3.46. The summed E-state index contributed by atoms with van der Waals surface area (Å²) in [6, 6.07) is 5.10. The van der Waals surface area contributed by atoms with Gasteiger partial charge < -0.3 is 9.47 Å². The number of methoxy groups -OCH3 is 1. The third kappa shape index (κ3) is 3.95. The van der Waals surface area contributed by atoms with Gasteiger partial charge in [-0.25, -0.2) is 4.98 Å². The number of rotatable bonds is 5. The molecule has 1 heterocycles. The average Bonchev–Trinajstić information content (AvgIpc) is 2.83. The number of hydrogen-bond donors (Lipinski definition) is 1. The van der Waals surface area contributed by atoms with Crippen LogP contribution in [0.4, 0.5) is 5.13 Å². The van der Waals surface area contributed by atoms with Crippen molar-refractivity contribution in [2.45, 2.75) is 26.9 Å². The molecule has 0 unspecified atom stereocenters. The predicted molar refractivity (Wildman–Crippen MR) is 83.6 cm³/mol. The Morgan fingerprint density at radius 1 is 1.33 bits per heavy atom. The van der Waals surface area contributed by atoms with Crippen molar-refractivity contribution in [2.75, 3.05) is 12.4 Å². The van der Waals surface area contributed by atoms with Crippen LogP contribution in [-0.2, 0) is 0 Å². The SMILES string of the molecule is COc1cc(C(=O)Nc2ncc(C)s2)ccc1OC(C)C. The number of nitrogens with one attached hydrogen (secondary N) is 1. The third-order valence-electron chi connectivity index (χ3n) is 2.63. The fraction of sp³-hybridized carbons (Fsp3) is 0.333. The molecular formula is C15H18N2O3S. The van der Waals surface area contributed by atoms with Crippen molar-refractivity contribution in [3.8, 4) is 11.5 Å². The second-order valence-electron chi connectivity index (χ2n) is 4.76. The van der Waals surface area contributed by atoms with E-state index in [1.54, 1.807) is 31.5 Å². The molecular weight excluding hydrogens is 288 g/mol. The van der Waals surface area contributed by atoms with E-state index in [1.165, 1.54) is 11.3 Å². The van der Waals surface area contributed by atoms with Crippen LogP contribution in [0, 0.1) is 6.92 Å². The Morgan fingerprint density at radius 2 is 2.10 bits per heavy atom. The molecule has 0 saturated carbocycles. The Labute approximate surface area is 127 Å². The summed E-state index contributed by atoms with van der Waals surface area (Å²) in [6.45, 7) is 5.81. The highest BCUT2D eigenvalue weighted by Crippen LogP contribution is 2.29. The Bertz CT molecular complexity index is 638. The molecule has 0 saturated heterocycles. The highest BCUT2D eigenvalue weighted by atomic mass is 32.1. The zero-order valence-corrected chi connectivity index (χ0v) is 13.3. The van der Waals surface area contributed by atoms with Crippen LogP contribution in [0.15, 0.2) is 24.4 Å². The Morgan fingerprint density at radius 3 is 2.67 bits per heavy atom. The molecule has 6 heteroatoms. The van der Waals surface area contributed by atoms with Gasteiger partial charge in [-0.05, 0) is 39.0 Å². The number of aromatic nitrogens is 1. The summed E-state index contributed by atoms with van der Waals surface area (Å²) >= 11 is 1.43. The van der Waals surface area contributed by atoms with Gasteiger partial charge in [-0.15, -0.1) is 11.3 Å². The van der Waals surface area contributed by atoms with E-state index in [-0.39, 0.29) is 12.0 Å². The van der Waals surface area contributed by atoms with E-state index in [9.17, 15) is 4.79 Å². The molecule has 0 radical (unpaired) electrons. The summed E-state index contributed by atoms with van der Waals surface area (Å²) in [7, 11) is 1.55. The van der Waals surface area contributed by atoms with Crippen molar-refractivity contribution in [1.82, 2.24) is 4.98 Å². The van der Waals surface area contributed by atoms with Crippen molar-refractivity contribution < 1.29 is 14.3 Å². The second kappa shape index (κ2) is 6.58. The minimum atomic E-state index is -0.223. The molecule has 112 valence electrons. The number of amides is 1. The molecule has 0 atom stereocenters. The van der Waals surface area contributed by atoms with Gasteiger partial charge in [0.15, 0.2) is 16.6 Å². The Balaban J connectivity index is 2.17. The molecule has 0 aliphatic carbocycles. The summed E-state index contributed by atoms with van der Waals surface area (Å²) in [5, 5.41) is 3.35. The average molecular weight is 306 g/mol. The van der Waals surface area contributed by atoms with Gasteiger partial charge in [-0.1, -0.05) is 0 Å². The van der Waals surface area contributed by atoms with Gasteiger partial charge >= 0.3 is 0 Å². The van der Waals surface area contributed by atoms with Crippen LogP contribution in [0.1, 0.15) is 29.1 Å². The first-order valence-corrected chi connectivity index (χ1v) is 7.39. The molecule has 1 N–H and O–H groups in total. The molecule has 2 rings (SSSR count). The maximum Gasteiger partial charge on any atom is 0.257 e. The van der Waals surface area contributed by atoms with Crippen LogP contribution in [0.3, 0.4) is 0 Å². The first kappa shape index (κ1) is 15.3. The standard InChI is InChI=1S/C15H18N2O3S/c1-9(2)20-12-6-5-11(7-13(12)19-4)14(18)17-15-16-8-10(3)21-15/h5-9H,1-4H3,(H,16,17,18). The minimum Gasteiger partial charge on any atom is -0.493 e. The molecule has 0 aliphatic rings. The van der Waals surface area contributed by atoms with Crippen molar-refractivity contribution in [3.05, 3.63) is 34.8 Å². The smallest absolute Gasteiger partial charge is 0.257 e. The summed E-state index contributed by atoms with van der Waals surface area (Å²) in [4.78, 5) is 17.3. The van der Waals surface area contributed by atoms with E-state index in [0.717, 1.165) is 4.88 Å². The van der Waals surface area contributed by atoms with Gasteiger partial charge in [0.05, 0.1) is 13.2 Å². The van der Waals surface area contributed by atoms with E-state index in [2.05, 4.69) is 10.3 Å². The molecule has 21 heavy (non-hydrogen) atoms. The zero-order valence-electron chi connectivity index (χ0n) is 12.5. The van der Waals surface area contributed by atoms with Crippen molar-refractivity contribution in [3.63, 3.8) is 0 Å². The van der Waals surface area contributed by atoms with Crippen molar-refractivity contribution in [2.24, 2.45) is 0 Å². The lowest BCUT2D eigenvalue weighted by atomic mass is 10.2. The molecule has 0 bridgehead atoms. The van der Waals surface area contributed by atoms with E-state index < -0.39 is 0 Å². The largest absolute Gasteiger partial charge is 0.493 e. The van der Waals surface area contributed by atoms with E-state index >= 15 is 0 Å². The Kier molecular flexibility index (Phi) is 4.80. The second-order valence-corrected chi connectivity index (χ2v) is 6.00. The normalized spacial score (nSPS) is 10.5. The van der Waals surface area contributed by atoms with Gasteiger partial charge in [-0.3, -0.25) is 10.1 Å². The summed E-state index contributed by atoms with van der Waals surface area (Å²) in [6.07, 6.45) is 1.76. The van der Waals surface area contributed by atoms with Gasteiger partial charge in [-0.2, -0.15) is 0 Å². The lowest BCUT2D eigenvalue weighted by molar-refractivity contribution is 0.102. The van der Waals surface area contributed by atoms with Gasteiger partial charge in [0.2, 0.25) is 0 Å². The first-order chi connectivity index (χ1) is 9.99. The molecule has 1 aromatic carbocycles. The van der Waals surface area contributed by atoms with E-state index in [0.29, 0.717) is 22.2 Å². The number of benzene rings is 1. The number of ether oxygens (including phenoxy) is 2. The lowest BCUT2D eigenvalue weighted by Crippen LogP contribution is -2.12. The summed E-state index contributed by atoms with van der Waals surface area (Å²) in [5.41, 5.74) is 0.496. The molecule has 0 aliphatic heterocycles. The van der Waals surface area contributed by atoms with E-state index in [1.807, 2.05) is 20.8 Å². The molecule has 2 aromatic rings. The summed E-state index contributed by atoms with van der Waals surface area (Å²) in [5.74, 6) is 0.930. The highest BCUT2D eigenvalue weighted by Gasteiger charge is 2.13. The fourth-order valence-electron chi connectivity index (χ4n) is 1.74. The Hall–Kier alpha value is -2.08. The van der Waals surface area contributed by atoms with Gasteiger partial charge in [0, 0.05) is 16.6 Å². The maximum absolute atomic E-state index is 12.2. The number of carbonyl (C=O) groups is 1. The monoisotopic (exact) mass is 306 g/mol. The number of hydrogen-bond acceptors (Lipinski definition) is 5. The first-order valence-electron chi connectivity index (χ1n) is 6.58. The van der Waals surface area contributed by atoms with Crippen molar-refractivity contribution in [1.29, 1.82) is 0 Å². The van der Waals surface area contributed by atoms with Crippen LogP contribution in [0.5, 0.6) is 11.5 Å². The predicted octanol–water partition coefficient (Wildman–Crippen LogP) is 3.50. The number of carbonyl (C=O) groups excluding carboxylic acids is 1.